The molecule has 0 N–H and O–H groups in total. The average molecular weight is 163 g/mol. The first-order valence-electron chi connectivity index (χ1n) is 3.85. The van der Waals surface area contributed by atoms with Crippen LogP contribution in [0.3, 0.4) is 0 Å². The van der Waals surface area contributed by atoms with Gasteiger partial charge in [-0.2, -0.15) is 0 Å². The Kier molecular flexibility index (Phi) is 2.80. The van der Waals surface area contributed by atoms with Gasteiger partial charge in [0.1, 0.15) is 0 Å². The molecule has 1 rings (SSSR count). The van der Waals surface area contributed by atoms with Crippen molar-refractivity contribution in [2.75, 3.05) is 14.1 Å². The van der Waals surface area contributed by atoms with E-state index in [1.165, 1.54) is 0 Å². The molecule has 3 nitrogen and oxygen atoms in total. The highest BCUT2D eigenvalue weighted by molar-refractivity contribution is 5.43. The van der Waals surface area contributed by atoms with Gasteiger partial charge >= 0.3 is 0 Å². The van der Waals surface area contributed by atoms with Gasteiger partial charge in [0.2, 0.25) is 0 Å². The molecule has 0 amide bonds. The van der Waals surface area contributed by atoms with E-state index in [-0.39, 0.29) is 0 Å². The largest absolute Gasteiger partial charge is 0.285 e. The predicted molar refractivity (Wildman–Crippen MR) is 49.4 cm³/mol. The molecule has 64 valence electrons. The highest BCUT2D eigenvalue weighted by Gasteiger charge is 1.92. The third kappa shape index (κ3) is 2.34. The van der Waals surface area contributed by atoms with E-state index >= 15 is 0 Å². The van der Waals surface area contributed by atoms with Crippen molar-refractivity contribution in [1.82, 2.24) is 5.01 Å². The van der Waals surface area contributed by atoms with E-state index in [0.29, 0.717) is 0 Å². The third-order valence-corrected chi connectivity index (χ3v) is 1.45. The minimum atomic E-state index is 0.922. The Morgan fingerprint density at radius 3 is 2.42 bits per heavy atom. The van der Waals surface area contributed by atoms with Gasteiger partial charge in [0.05, 0.1) is 5.69 Å². The van der Waals surface area contributed by atoms with Crippen molar-refractivity contribution in [3.63, 3.8) is 0 Å². The zero-order valence-corrected chi connectivity index (χ0v) is 7.65. The van der Waals surface area contributed by atoms with Gasteiger partial charge in [-0.1, -0.05) is 23.4 Å². The summed E-state index contributed by atoms with van der Waals surface area (Å²) in [5.74, 6) is 0. The summed E-state index contributed by atoms with van der Waals surface area (Å²) in [4.78, 5) is 0. The molecule has 0 aliphatic rings. The number of hydrogen-bond donors (Lipinski definition) is 0. The summed E-state index contributed by atoms with van der Waals surface area (Å²) in [6, 6.07) is 7.91. The number of benzene rings is 1. The summed E-state index contributed by atoms with van der Waals surface area (Å²) in [5, 5.41) is 9.64. The summed E-state index contributed by atoms with van der Waals surface area (Å²) >= 11 is 0. The van der Waals surface area contributed by atoms with Crippen LogP contribution < -0.4 is 0 Å². The molecule has 0 heterocycles. The molecule has 0 fully saturated rings. The van der Waals surface area contributed by atoms with E-state index in [2.05, 4.69) is 10.3 Å². The molecule has 0 aromatic heterocycles. The van der Waals surface area contributed by atoms with Gasteiger partial charge in [-0.05, 0) is 18.6 Å². The molecule has 12 heavy (non-hydrogen) atoms. The lowest BCUT2D eigenvalue weighted by Crippen LogP contribution is -1.98. The Hall–Kier alpha value is -1.38. The molecule has 0 bridgehead atoms. The Bertz CT molecular complexity index is 279. The van der Waals surface area contributed by atoms with E-state index in [9.17, 15) is 0 Å². The SMILES string of the molecule is Cc1ccccc1N=NN(C)C. The normalized spacial score (nSPS) is 10.6. The van der Waals surface area contributed by atoms with Gasteiger partial charge in [-0.15, -0.1) is 5.11 Å². The molecular formula is C9H13N3. The molecule has 0 saturated heterocycles. The summed E-state index contributed by atoms with van der Waals surface area (Å²) in [7, 11) is 3.70. The third-order valence-electron chi connectivity index (χ3n) is 1.45. The summed E-state index contributed by atoms with van der Waals surface area (Å²) < 4.78 is 0. The summed E-state index contributed by atoms with van der Waals surface area (Å²) in [6.07, 6.45) is 0. The number of nitrogens with zero attached hydrogens (tertiary/aromatic N) is 3. The van der Waals surface area contributed by atoms with E-state index in [1.54, 1.807) is 5.01 Å². The maximum Gasteiger partial charge on any atom is 0.0903 e. The van der Waals surface area contributed by atoms with Crippen molar-refractivity contribution in [2.45, 2.75) is 6.92 Å². The van der Waals surface area contributed by atoms with E-state index in [1.807, 2.05) is 45.3 Å². The number of aryl methyl sites for hydroxylation is 1. The molecule has 0 radical (unpaired) electrons. The zero-order valence-electron chi connectivity index (χ0n) is 7.65. The fraction of sp³-hybridized carbons (Fsp3) is 0.333. The first-order chi connectivity index (χ1) is 5.70. The standard InChI is InChI=1S/C9H13N3/c1-8-6-4-5-7-9(8)10-11-12(2)3/h4-7H,1-3H3. The minimum Gasteiger partial charge on any atom is -0.285 e. The minimum absolute atomic E-state index is 0.922. The maximum absolute atomic E-state index is 4.06. The average Bonchev–Trinajstić information content (AvgIpc) is 2.03. The molecule has 0 spiro atoms. The zero-order chi connectivity index (χ0) is 8.97. The lowest BCUT2D eigenvalue weighted by molar-refractivity contribution is 0.408. The molecule has 0 saturated carbocycles. The second-order valence-corrected chi connectivity index (χ2v) is 2.82. The van der Waals surface area contributed by atoms with Gasteiger partial charge in [0.25, 0.3) is 0 Å². The van der Waals surface area contributed by atoms with Gasteiger partial charge < -0.3 is 0 Å². The van der Waals surface area contributed by atoms with Crippen LogP contribution in [0.25, 0.3) is 0 Å². The monoisotopic (exact) mass is 163 g/mol. The van der Waals surface area contributed by atoms with Crippen LogP contribution in [-0.2, 0) is 0 Å². The van der Waals surface area contributed by atoms with E-state index in [4.69, 9.17) is 0 Å². The number of rotatable bonds is 2. The topological polar surface area (TPSA) is 28.0 Å². The quantitative estimate of drug-likeness (QED) is 0.486. The Morgan fingerprint density at radius 1 is 1.17 bits per heavy atom. The van der Waals surface area contributed by atoms with Crippen molar-refractivity contribution >= 4 is 5.69 Å². The van der Waals surface area contributed by atoms with Crippen molar-refractivity contribution in [1.29, 1.82) is 0 Å². The second-order valence-electron chi connectivity index (χ2n) is 2.82. The van der Waals surface area contributed by atoms with Crippen LogP contribution >= 0.6 is 0 Å². The van der Waals surface area contributed by atoms with Crippen LogP contribution in [-0.4, -0.2) is 19.1 Å². The van der Waals surface area contributed by atoms with Crippen LogP contribution in [0.5, 0.6) is 0 Å². The molecule has 3 heteroatoms. The molecular weight excluding hydrogens is 150 g/mol. The molecule has 0 aliphatic carbocycles. The highest BCUT2D eigenvalue weighted by Crippen LogP contribution is 2.17. The van der Waals surface area contributed by atoms with Gasteiger partial charge in [-0.25, -0.2) is 0 Å². The van der Waals surface area contributed by atoms with E-state index < -0.39 is 0 Å². The predicted octanol–water partition coefficient (Wildman–Crippen LogP) is 2.56. The molecule has 1 aromatic carbocycles. The first-order valence-corrected chi connectivity index (χ1v) is 3.85. The Labute approximate surface area is 72.7 Å². The van der Waals surface area contributed by atoms with Gasteiger partial charge in [-0.3, -0.25) is 5.01 Å². The molecule has 0 aliphatic heterocycles. The Morgan fingerprint density at radius 2 is 1.83 bits per heavy atom. The van der Waals surface area contributed by atoms with Crippen molar-refractivity contribution in [2.24, 2.45) is 10.3 Å². The number of hydrogen-bond acceptors (Lipinski definition) is 2. The fourth-order valence-electron chi connectivity index (χ4n) is 0.813. The van der Waals surface area contributed by atoms with Gasteiger partial charge in [0, 0.05) is 14.1 Å². The first kappa shape index (κ1) is 8.71. The van der Waals surface area contributed by atoms with Crippen molar-refractivity contribution < 1.29 is 0 Å². The van der Waals surface area contributed by atoms with Crippen molar-refractivity contribution in [3.05, 3.63) is 29.8 Å². The molecule has 1 aromatic rings. The lowest BCUT2D eigenvalue weighted by Gasteiger charge is -2.01. The van der Waals surface area contributed by atoms with Crippen LogP contribution in [0, 0.1) is 6.92 Å². The lowest BCUT2D eigenvalue weighted by atomic mass is 10.2. The van der Waals surface area contributed by atoms with Crippen molar-refractivity contribution in [3.8, 4) is 0 Å². The summed E-state index contributed by atoms with van der Waals surface area (Å²) in [6.45, 7) is 2.02. The smallest absolute Gasteiger partial charge is 0.0903 e. The molecule has 0 unspecified atom stereocenters. The highest BCUT2D eigenvalue weighted by atomic mass is 15.5. The van der Waals surface area contributed by atoms with Crippen LogP contribution in [0.2, 0.25) is 0 Å². The summed E-state index contributed by atoms with van der Waals surface area (Å²) in [5.41, 5.74) is 2.06. The molecule has 0 atom stereocenters. The Balaban J connectivity index is 2.82. The van der Waals surface area contributed by atoms with Crippen LogP contribution in [0.4, 0.5) is 5.69 Å². The maximum atomic E-state index is 4.06. The fourth-order valence-corrected chi connectivity index (χ4v) is 0.813. The van der Waals surface area contributed by atoms with E-state index in [0.717, 1.165) is 11.3 Å². The van der Waals surface area contributed by atoms with Crippen LogP contribution in [0.1, 0.15) is 5.56 Å². The van der Waals surface area contributed by atoms with Crippen LogP contribution in [0.15, 0.2) is 34.6 Å². The van der Waals surface area contributed by atoms with Gasteiger partial charge in [0.15, 0.2) is 0 Å². The second kappa shape index (κ2) is 3.85.